The first-order valence-corrected chi connectivity index (χ1v) is 5.21. The largest absolute Gasteiger partial charge is 0.327 e. The third kappa shape index (κ3) is 1.05. The monoisotopic (exact) mass is 193 g/mol. The summed E-state index contributed by atoms with van der Waals surface area (Å²) in [6, 6.07) is 0.429. The van der Waals surface area contributed by atoms with Crippen molar-refractivity contribution in [2.75, 3.05) is 5.84 Å². The maximum absolute atomic E-state index is 5.98. The molecular weight excluding hydrogens is 178 g/mol. The van der Waals surface area contributed by atoms with Crippen molar-refractivity contribution < 1.29 is 0 Å². The average Bonchev–Trinajstić information content (AvgIpc) is 2.58. The highest BCUT2D eigenvalue weighted by Crippen LogP contribution is 2.45. The summed E-state index contributed by atoms with van der Waals surface area (Å²) in [5.41, 5.74) is 8.15. The van der Waals surface area contributed by atoms with Crippen molar-refractivity contribution in [3.63, 3.8) is 0 Å². The van der Waals surface area contributed by atoms with Crippen molar-refractivity contribution in [2.45, 2.75) is 31.7 Å². The minimum atomic E-state index is 0.429. The van der Waals surface area contributed by atoms with E-state index in [1.165, 1.54) is 4.79 Å². The molecule has 1 fully saturated rings. The molecule has 0 amide bonds. The number of hydrogen-bond donors (Lipinski definition) is 2. The third-order valence-corrected chi connectivity index (χ3v) is 3.70. The summed E-state index contributed by atoms with van der Waals surface area (Å²) in [6.45, 7) is 0. The number of aromatic nitrogens is 3. The molecule has 0 spiro atoms. The summed E-state index contributed by atoms with van der Waals surface area (Å²) < 4.78 is 0. The van der Waals surface area contributed by atoms with Gasteiger partial charge in [0.1, 0.15) is 0 Å². The molecule has 1 aromatic heterocycles. The first-order chi connectivity index (χ1) is 6.77. The molecule has 1 heterocycles. The summed E-state index contributed by atoms with van der Waals surface area (Å²) in [5.74, 6) is 7.14. The number of nitrogen functional groups attached to an aromatic ring is 1. The number of hydrogen-bond acceptors (Lipinski definition) is 4. The van der Waals surface area contributed by atoms with Crippen LogP contribution in [0.1, 0.15) is 24.2 Å². The highest BCUT2D eigenvalue weighted by Gasteiger charge is 2.47. The first kappa shape index (κ1) is 8.23. The molecule has 2 aliphatic rings. The summed E-state index contributed by atoms with van der Waals surface area (Å²) >= 11 is 0. The lowest BCUT2D eigenvalue weighted by atomic mass is 10.0. The van der Waals surface area contributed by atoms with E-state index in [1.807, 2.05) is 0 Å². The van der Waals surface area contributed by atoms with Gasteiger partial charge in [-0.15, -0.1) is 5.10 Å². The zero-order chi connectivity index (χ0) is 9.71. The van der Waals surface area contributed by atoms with Crippen LogP contribution >= 0.6 is 0 Å². The van der Waals surface area contributed by atoms with Gasteiger partial charge < -0.3 is 11.6 Å². The van der Waals surface area contributed by atoms with Gasteiger partial charge in [0.15, 0.2) is 0 Å². The minimum Gasteiger partial charge on any atom is -0.327 e. The summed E-state index contributed by atoms with van der Waals surface area (Å²) in [7, 11) is 0. The minimum absolute atomic E-state index is 0.429. The number of nitrogens with zero attached hydrogens (tertiary/aromatic N) is 3. The molecule has 5 nitrogen and oxygen atoms in total. The summed E-state index contributed by atoms with van der Waals surface area (Å²) in [6.07, 6.45) is 4.26. The molecule has 0 saturated heterocycles. The zero-order valence-corrected chi connectivity index (χ0v) is 8.06. The van der Waals surface area contributed by atoms with Crippen molar-refractivity contribution in [3.05, 3.63) is 11.4 Å². The van der Waals surface area contributed by atoms with Gasteiger partial charge >= 0.3 is 0 Å². The number of fused-ring (bicyclic) bond motifs is 2. The molecule has 14 heavy (non-hydrogen) atoms. The van der Waals surface area contributed by atoms with Crippen molar-refractivity contribution >= 4 is 0 Å². The van der Waals surface area contributed by atoms with E-state index in [1.54, 1.807) is 0 Å². The fourth-order valence-corrected chi connectivity index (χ4v) is 2.69. The maximum atomic E-state index is 5.98. The second-order valence-corrected chi connectivity index (χ2v) is 4.41. The molecule has 2 aliphatic carbocycles. The van der Waals surface area contributed by atoms with Gasteiger partial charge in [0.05, 0.1) is 11.4 Å². The predicted octanol–water partition coefficient (Wildman–Crippen LogP) is -0.556. The second-order valence-electron chi connectivity index (χ2n) is 4.41. The molecule has 0 radical (unpaired) electrons. The second kappa shape index (κ2) is 2.70. The SMILES string of the molecule is NC1[C@H]2CCc3c(nnn3N)CC[C@@H]12. The van der Waals surface area contributed by atoms with Crippen LogP contribution < -0.4 is 11.6 Å². The van der Waals surface area contributed by atoms with Crippen LogP contribution in [0.3, 0.4) is 0 Å². The molecule has 1 aromatic rings. The quantitative estimate of drug-likeness (QED) is 0.541. The van der Waals surface area contributed by atoms with Gasteiger partial charge in [-0.05, 0) is 42.7 Å². The lowest BCUT2D eigenvalue weighted by Gasteiger charge is -2.07. The van der Waals surface area contributed by atoms with Gasteiger partial charge in [-0.1, -0.05) is 0 Å². The van der Waals surface area contributed by atoms with Gasteiger partial charge in [0.2, 0.25) is 0 Å². The molecular formula is C9H15N5. The van der Waals surface area contributed by atoms with Gasteiger partial charge in [0, 0.05) is 6.04 Å². The Balaban J connectivity index is 1.87. The Labute approximate surface area is 82.4 Å². The van der Waals surface area contributed by atoms with E-state index in [0.717, 1.165) is 48.9 Å². The highest BCUT2D eigenvalue weighted by atomic mass is 15.6. The van der Waals surface area contributed by atoms with Crippen molar-refractivity contribution in [2.24, 2.45) is 17.6 Å². The Bertz CT molecular complexity index is 358. The Morgan fingerprint density at radius 1 is 1.21 bits per heavy atom. The molecule has 0 bridgehead atoms. The standard InChI is InChI=1S/C9H15N5/c10-9-5-1-3-7-8(4-2-6(5)9)14(11)13-12-7/h5-6,9H,1-4,10-11H2/t5-,6+,9?/m1/s1. The fraction of sp³-hybridized carbons (Fsp3) is 0.778. The van der Waals surface area contributed by atoms with Crippen LogP contribution in [0.15, 0.2) is 0 Å². The van der Waals surface area contributed by atoms with Crippen molar-refractivity contribution in [1.82, 2.24) is 15.1 Å². The lowest BCUT2D eigenvalue weighted by molar-refractivity contribution is 0.571. The molecule has 4 N–H and O–H groups in total. The Morgan fingerprint density at radius 3 is 2.71 bits per heavy atom. The van der Waals surface area contributed by atoms with E-state index in [4.69, 9.17) is 11.6 Å². The lowest BCUT2D eigenvalue weighted by Crippen LogP contribution is -2.15. The van der Waals surface area contributed by atoms with Crippen LogP contribution in [0.5, 0.6) is 0 Å². The predicted molar refractivity (Wildman–Crippen MR) is 51.8 cm³/mol. The van der Waals surface area contributed by atoms with Gasteiger partial charge in [-0.3, -0.25) is 0 Å². The molecule has 5 heteroatoms. The molecule has 0 aliphatic heterocycles. The van der Waals surface area contributed by atoms with Gasteiger partial charge in [0.25, 0.3) is 0 Å². The summed E-state index contributed by atoms with van der Waals surface area (Å²) in [5, 5.41) is 7.94. The van der Waals surface area contributed by atoms with Crippen molar-refractivity contribution in [3.8, 4) is 0 Å². The normalized spacial score (nSPS) is 35.4. The van der Waals surface area contributed by atoms with E-state index < -0.39 is 0 Å². The maximum Gasteiger partial charge on any atom is 0.0881 e. The Hall–Kier alpha value is -1.10. The number of rotatable bonds is 0. The average molecular weight is 193 g/mol. The van der Waals surface area contributed by atoms with Crippen LogP contribution in [-0.4, -0.2) is 21.1 Å². The van der Waals surface area contributed by atoms with Crippen molar-refractivity contribution in [1.29, 1.82) is 0 Å². The van der Waals surface area contributed by atoms with E-state index in [0.29, 0.717) is 6.04 Å². The number of aryl methyl sites for hydroxylation is 1. The Morgan fingerprint density at radius 2 is 1.93 bits per heavy atom. The van der Waals surface area contributed by atoms with Crippen LogP contribution in [-0.2, 0) is 12.8 Å². The van der Waals surface area contributed by atoms with Gasteiger partial charge in [-0.25, -0.2) is 0 Å². The van der Waals surface area contributed by atoms with E-state index >= 15 is 0 Å². The topological polar surface area (TPSA) is 82.8 Å². The molecule has 3 atom stereocenters. The van der Waals surface area contributed by atoms with Crippen LogP contribution in [0.2, 0.25) is 0 Å². The van der Waals surface area contributed by atoms with Crippen LogP contribution in [0, 0.1) is 11.8 Å². The first-order valence-electron chi connectivity index (χ1n) is 5.21. The Kier molecular flexibility index (Phi) is 1.58. The molecule has 76 valence electrons. The molecule has 0 aromatic carbocycles. The third-order valence-electron chi connectivity index (χ3n) is 3.70. The summed E-state index contributed by atoms with van der Waals surface area (Å²) in [4.78, 5) is 1.42. The zero-order valence-electron chi connectivity index (χ0n) is 8.06. The molecule has 1 unspecified atom stereocenters. The number of nitrogens with two attached hydrogens (primary N) is 2. The molecule has 3 rings (SSSR count). The van der Waals surface area contributed by atoms with Crippen LogP contribution in [0.4, 0.5) is 0 Å². The smallest absolute Gasteiger partial charge is 0.0881 e. The van der Waals surface area contributed by atoms with Crippen LogP contribution in [0.25, 0.3) is 0 Å². The van der Waals surface area contributed by atoms with Gasteiger partial charge in [-0.2, -0.15) is 4.79 Å². The fourth-order valence-electron chi connectivity index (χ4n) is 2.69. The van der Waals surface area contributed by atoms with E-state index in [2.05, 4.69) is 10.3 Å². The van der Waals surface area contributed by atoms with E-state index in [9.17, 15) is 0 Å². The molecule has 1 saturated carbocycles. The highest BCUT2D eigenvalue weighted by molar-refractivity contribution is 5.16. The van der Waals surface area contributed by atoms with E-state index in [-0.39, 0.29) is 0 Å².